The number of benzene rings is 3. The lowest BCUT2D eigenvalue weighted by atomic mass is 10.0. The molecule has 0 amide bonds. The molecular formula is C32H39FN2O. The fourth-order valence-corrected chi connectivity index (χ4v) is 4.66. The molecule has 0 atom stereocenters. The van der Waals surface area contributed by atoms with E-state index in [2.05, 4.69) is 16.9 Å². The zero-order valence-corrected chi connectivity index (χ0v) is 21.8. The normalized spacial score (nSPS) is 11.3. The van der Waals surface area contributed by atoms with Crippen molar-refractivity contribution in [3.8, 4) is 28.3 Å². The van der Waals surface area contributed by atoms with Crippen LogP contribution in [0.2, 0.25) is 0 Å². The van der Waals surface area contributed by atoms with E-state index in [4.69, 9.17) is 4.74 Å². The molecule has 0 saturated carbocycles. The van der Waals surface area contributed by atoms with Crippen molar-refractivity contribution in [3.05, 3.63) is 72.0 Å². The van der Waals surface area contributed by atoms with Gasteiger partial charge < -0.3 is 9.72 Å². The van der Waals surface area contributed by atoms with E-state index >= 15 is 4.39 Å². The number of nitrogens with one attached hydrogen (secondary N) is 1. The molecule has 1 N–H and O–H groups in total. The van der Waals surface area contributed by atoms with Crippen LogP contribution in [-0.4, -0.2) is 16.6 Å². The summed E-state index contributed by atoms with van der Waals surface area (Å²) in [4.78, 5) is 7.80. The standard InChI is InChI=1S/C32H39FN2O/c1-3-4-5-6-7-8-9-10-11-12-21-36-27-17-14-25(15-18-27)26-16-19-28(29(33)23-26)32-34-30-20-13-24(2)22-31(30)35-32/h13-20,22-23H,3-12,21H2,1-2H3,(H,34,35). The van der Waals surface area contributed by atoms with Gasteiger partial charge in [-0.1, -0.05) is 89.0 Å². The Morgan fingerprint density at radius 1 is 0.750 bits per heavy atom. The van der Waals surface area contributed by atoms with Crippen LogP contribution in [0.25, 0.3) is 33.5 Å². The average Bonchev–Trinajstić information content (AvgIpc) is 3.30. The van der Waals surface area contributed by atoms with Crippen LogP contribution in [0.3, 0.4) is 0 Å². The molecule has 0 saturated heterocycles. The summed E-state index contributed by atoms with van der Waals surface area (Å²) >= 11 is 0. The molecule has 0 bridgehead atoms. The monoisotopic (exact) mass is 486 g/mol. The van der Waals surface area contributed by atoms with Crippen molar-refractivity contribution in [2.24, 2.45) is 0 Å². The van der Waals surface area contributed by atoms with Crippen molar-refractivity contribution in [2.75, 3.05) is 6.61 Å². The highest BCUT2D eigenvalue weighted by Crippen LogP contribution is 2.29. The van der Waals surface area contributed by atoms with Gasteiger partial charge >= 0.3 is 0 Å². The topological polar surface area (TPSA) is 37.9 Å². The maximum atomic E-state index is 15.0. The molecule has 4 heteroatoms. The number of aromatic amines is 1. The third-order valence-corrected chi connectivity index (χ3v) is 6.82. The molecule has 1 heterocycles. The molecule has 0 fully saturated rings. The molecule has 0 unspecified atom stereocenters. The molecule has 3 aromatic carbocycles. The molecule has 3 nitrogen and oxygen atoms in total. The van der Waals surface area contributed by atoms with E-state index in [0.29, 0.717) is 11.4 Å². The minimum Gasteiger partial charge on any atom is -0.494 e. The maximum absolute atomic E-state index is 15.0. The molecule has 36 heavy (non-hydrogen) atoms. The van der Waals surface area contributed by atoms with Crippen LogP contribution in [0.1, 0.15) is 76.7 Å². The fourth-order valence-electron chi connectivity index (χ4n) is 4.66. The van der Waals surface area contributed by atoms with Gasteiger partial charge in [0, 0.05) is 0 Å². The summed E-state index contributed by atoms with van der Waals surface area (Å²) < 4.78 is 20.9. The first kappa shape index (κ1) is 25.9. The minimum absolute atomic E-state index is 0.287. The van der Waals surface area contributed by atoms with E-state index in [1.54, 1.807) is 12.1 Å². The zero-order chi connectivity index (χ0) is 25.2. The zero-order valence-electron chi connectivity index (χ0n) is 21.8. The van der Waals surface area contributed by atoms with Crippen LogP contribution in [-0.2, 0) is 0 Å². The summed E-state index contributed by atoms with van der Waals surface area (Å²) in [5.74, 6) is 1.13. The first-order chi connectivity index (χ1) is 17.6. The first-order valence-electron chi connectivity index (χ1n) is 13.6. The lowest BCUT2D eigenvalue weighted by Crippen LogP contribution is -1.97. The smallest absolute Gasteiger partial charge is 0.141 e. The Bertz CT molecular complexity index is 1230. The van der Waals surface area contributed by atoms with E-state index in [1.807, 2.05) is 55.5 Å². The highest BCUT2D eigenvalue weighted by atomic mass is 19.1. The van der Waals surface area contributed by atoms with Gasteiger partial charge in [0.25, 0.3) is 0 Å². The molecule has 4 rings (SSSR count). The van der Waals surface area contributed by atoms with Gasteiger partial charge in [0.05, 0.1) is 23.2 Å². The molecule has 1 aromatic heterocycles. The number of imidazole rings is 1. The summed E-state index contributed by atoms with van der Waals surface area (Å²) in [5, 5.41) is 0. The van der Waals surface area contributed by atoms with Gasteiger partial charge in [0.15, 0.2) is 0 Å². The number of aryl methyl sites for hydroxylation is 1. The summed E-state index contributed by atoms with van der Waals surface area (Å²) in [7, 11) is 0. The van der Waals surface area contributed by atoms with Crippen molar-refractivity contribution >= 4 is 11.0 Å². The number of nitrogens with zero attached hydrogens (tertiary/aromatic N) is 1. The second-order valence-corrected chi connectivity index (χ2v) is 9.86. The van der Waals surface area contributed by atoms with Crippen molar-refractivity contribution in [1.82, 2.24) is 9.97 Å². The van der Waals surface area contributed by atoms with Gasteiger partial charge in [-0.25, -0.2) is 9.37 Å². The SMILES string of the molecule is CCCCCCCCCCCCOc1ccc(-c2ccc(-c3nc4ccc(C)cc4[nH]3)c(F)c2)cc1. The van der Waals surface area contributed by atoms with Crippen LogP contribution in [0.4, 0.5) is 4.39 Å². The van der Waals surface area contributed by atoms with Crippen molar-refractivity contribution in [3.63, 3.8) is 0 Å². The second-order valence-electron chi connectivity index (χ2n) is 9.86. The maximum Gasteiger partial charge on any atom is 0.141 e. The molecule has 0 aliphatic heterocycles. The van der Waals surface area contributed by atoms with Crippen molar-refractivity contribution in [1.29, 1.82) is 0 Å². The fraction of sp³-hybridized carbons (Fsp3) is 0.406. The number of aromatic nitrogens is 2. The Hall–Kier alpha value is -3.14. The Kier molecular flexibility index (Phi) is 9.54. The molecule has 0 aliphatic carbocycles. The van der Waals surface area contributed by atoms with E-state index < -0.39 is 0 Å². The Morgan fingerprint density at radius 2 is 1.42 bits per heavy atom. The van der Waals surface area contributed by atoms with E-state index in [1.165, 1.54) is 57.8 Å². The predicted molar refractivity (Wildman–Crippen MR) is 149 cm³/mol. The number of hydrogen-bond donors (Lipinski definition) is 1. The molecular weight excluding hydrogens is 447 g/mol. The van der Waals surface area contributed by atoms with Gasteiger partial charge in [-0.15, -0.1) is 0 Å². The number of fused-ring (bicyclic) bond motifs is 1. The van der Waals surface area contributed by atoms with Crippen LogP contribution in [0.5, 0.6) is 5.75 Å². The average molecular weight is 487 g/mol. The molecule has 0 aliphatic rings. The Labute approximate surface area is 215 Å². The summed E-state index contributed by atoms with van der Waals surface area (Å²) in [6.07, 6.45) is 13.2. The van der Waals surface area contributed by atoms with Crippen LogP contribution in [0, 0.1) is 12.7 Å². The number of H-pyrrole nitrogens is 1. The lowest BCUT2D eigenvalue weighted by molar-refractivity contribution is 0.304. The molecule has 190 valence electrons. The van der Waals surface area contributed by atoms with Crippen molar-refractivity contribution in [2.45, 2.75) is 78.1 Å². The van der Waals surface area contributed by atoms with E-state index in [-0.39, 0.29) is 5.82 Å². The van der Waals surface area contributed by atoms with Gasteiger partial charge in [0.2, 0.25) is 0 Å². The number of hydrogen-bond acceptors (Lipinski definition) is 2. The quantitative estimate of drug-likeness (QED) is 0.180. The van der Waals surface area contributed by atoms with E-state index in [0.717, 1.165) is 46.5 Å². The third kappa shape index (κ3) is 7.19. The summed E-state index contributed by atoms with van der Waals surface area (Å²) in [6, 6.07) is 19.2. The van der Waals surface area contributed by atoms with Gasteiger partial charge in [-0.05, 0) is 66.4 Å². The number of rotatable bonds is 14. The number of halogens is 1. The van der Waals surface area contributed by atoms with Crippen molar-refractivity contribution < 1.29 is 9.13 Å². The van der Waals surface area contributed by atoms with Gasteiger partial charge in [-0.3, -0.25) is 0 Å². The third-order valence-electron chi connectivity index (χ3n) is 6.82. The number of ether oxygens (including phenoxy) is 1. The van der Waals surface area contributed by atoms with Gasteiger partial charge in [0.1, 0.15) is 17.4 Å². The highest BCUT2D eigenvalue weighted by Gasteiger charge is 2.12. The molecule has 4 aromatic rings. The van der Waals surface area contributed by atoms with Gasteiger partial charge in [-0.2, -0.15) is 0 Å². The summed E-state index contributed by atoms with van der Waals surface area (Å²) in [6.45, 7) is 5.04. The Balaban J connectivity index is 1.23. The predicted octanol–water partition coefficient (Wildman–Crippen LogP) is 9.64. The van der Waals surface area contributed by atoms with E-state index in [9.17, 15) is 0 Å². The second kappa shape index (κ2) is 13.2. The number of unbranched alkanes of at least 4 members (excludes halogenated alkanes) is 9. The highest BCUT2D eigenvalue weighted by molar-refractivity contribution is 5.80. The Morgan fingerprint density at radius 3 is 2.11 bits per heavy atom. The van der Waals surface area contributed by atoms with Crippen LogP contribution in [0.15, 0.2) is 60.7 Å². The van der Waals surface area contributed by atoms with Crippen LogP contribution < -0.4 is 4.74 Å². The minimum atomic E-state index is -0.287. The lowest BCUT2D eigenvalue weighted by Gasteiger charge is -2.09. The first-order valence-corrected chi connectivity index (χ1v) is 13.6. The summed E-state index contributed by atoms with van der Waals surface area (Å²) in [5.41, 5.74) is 5.18. The molecule has 0 spiro atoms. The largest absolute Gasteiger partial charge is 0.494 e. The molecule has 0 radical (unpaired) electrons. The van der Waals surface area contributed by atoms with Crippen LogP contribution >= 0.6 is 0 Å².